The van der Waals surface area contributed by atoms with E-state index >= 15 is 0 Å². The molecule has 2 aromatic carbocycles. The molecule has 0 aliphatic rings. The van der Waals surface area contributed by atoms with Gasteiger partial charge in [0.15, 0.2) is 0 Å². The number of benzene rings is 2. The Hall–Kier alpha value is -2.76. The van der Waals surface area contributed by atoms with Gasteiger partial charge in [0, 0.05) is 17.7 Å². The van der Waals surface area contributed by atoms with Crippen LogP contribution < -0.4 is 14.8 Å². The molecule has 1 amide bonds. The lowest BCUT2D eigenvalue weighted by atomic mass is 10.1. The first-order valence-corrected chi connectivity index (χ1v) is 6.06. The van der Waals surface area contributed by atoms with Gasteiger partial charge in [0.2, 0.25) is 0 Å². The lowest BCUT2D eigenvalue weighted by Gasteiger charge is -2.10. The number of halogens is 1. The normalized spacial score (nSPS) is 10.0. The highest BCUT2D eigenvalue weighted by Crippen LogP contribution is 2.24. The van der Waals surface area contributed by atoms with Crippen LogP contribution in [-0.2, 0) is 0 Å². The molecule has 0 unspecified atom stereocenters. The van der Waals surface area contributed by atoms with E-state index in [2.05, 4.69) is 5.32 Å². The molecular formula is C15H14FNO4. The number of methoxy groups -OCH3 is 2. The molecule has 0 heterocycles. The topological polar surface area (TPSA) is 67.8 Å². The minimum absolute atomic E-state index is 0.0282. The Kier molecular flexibility index (Phi) is 4.27. The molecule has 0 aliphatic heterocycles. The van der Waals surface area contributed by atoms with Crippen LogP contribution in [-0.4, -0.2) is 25.2 Å². The number of amides is 1. The quantitative estimate of drug-likeness (QED) is 0.850. The average Bonchev–Trinajstić information content (AvgIpc) is 2.49. The number of ether oxygens (including phenoxy) is 2. The van der Waals surface area contributed by atoms with Gasteiger partial charge in [0.1, 0.15) is 23.1 Å². The van der Waals surface area contributed by atoms with E-state index in [4.69, 9.17) is 14.6 Å². The third-order valence-corrected chi connectivity index (χ3v) is 2.81. The van der Waals surface area contributed by atoms with Crippen LogP contribution in [0.15, 0.2) is 36.4 Å². The third-order valence-electron chi connectivity index (χ3n) is 2.81. The Morgan fingerprint density at radius 3 is 2.24 bits per heavy atom. The van der Waals surface area contributed by atoms with Gasteiger partial charge < -0.3 is 19.9 Å². The number of anilines is 1. The summed E-state index contributed by atoms with van der Waals surface area (Å²) in [7, 11) is 2.94. The summed E-state index contributed by atoms with van der Waals surface area (Å²) in [6, 6.07) is 8.12. The first kappa shape index (κ1) is 14.6. The molecule has 0 spiro atoms. The number of carbonyl (C=O) groups is 1. The van der Waals surface area contributed by atoms with Gasteiger partial charge in [-0.05, 0) is 24.3 Å². The number of rotatable bonds is 4. The molecule has 0 fully saturated rings. The van der Waals surface area contributed by atoms with Crippen LogP contribution in [0.4, 0.5) is 10.1 Å². The molecule has 0 atom stereocenters. The van der Waals surface area contributed by atoms with Crippen LogP contribution in [0.25, 0.3) is 0 Å². The minimum atomic E-state index is -0.724. The highest BCUT2D eigenvalue weighted by Gasteiger charge is 2.12. The fourth-order valence-electron chi connectivity index (χ4n) is 1.74. The molecule has 6 heteroatoms. The molecular weight excluding hydrogens is 277 g/mol. The van der Waals surface area contributed by atoms with Crippen LogP contribution in [0.1, 0.15) is 10.4 Å². The van der Waals surface area contributed by atoms with Crippen molar-refractivity contribution in [1.29, 1.82) is 0 Å². The summed E-state index contributed by atoms with van der Waals surface area (Å²) in [6.45, 7) is 0. The van der Waals surface area contributed by atoms with E-state index < -0.39 is 11.7 Å². The minimum Gasteiger partial charge on any atom is -0.508 e. The second-order valence-corrected chi connectivity index (χ2v) is 4.22. The van der Waals surface area contributed by atoms with Gasteiger partial charge in [-0.15, -0.1) is 0 Å². The molecule has 5 nitrogen and oxygen atoms in total. The van der Waals surface area contributed by atoms with E-state index in [1.54, 1.807) is 6.07 Å². The van der Waals surface area contributed by atoms with Crippen molar-refractivity contribution in [2.24, 2.45) is 0 Å². The molecule has 0 aromatic heterocycles. The van der Waals surface area contributed by atoms with Gasteiger partial charge in [0.25, 0.3) is 5.91 Å². The smallest absolute Gasteiger partial charge is 0.256 e. The predicted molar refractivity (Wildman–Crippen MR) is 75.6 cm³/mol. The number of hydrogen-bond acceptors (Lipinski definition) is 4. The fraction of sp³-hybridized carbons (Fsp3) is 0.133. The van der Waals surface area contributed by atoms with E-state index in [9.17, 15) is 9.18 Å². The molecule has 2 aromatic rings. The summed E-state index contributed by atoms with van der Waals surface area (Å²) < 4.78 is 23.7. The van der Waals surface area contributed by atoms with Gasteiger partial charge in [-0.2, -0.15) is 0 Å². The van der Waals surface area contributed by atoms with E-state index in [-0.39, 0.29) is 17.0 Å². The van der Waals surface area contributed by atoms with Gasteiger partial charge in [-0.1, -0.05) is 0 Å². The molecule has 0 radical (unpaired) electrons. The van der Waals surface area contributed by atoms with E-state index in [0.717, 1.165) is 6.07 Å². The van der Waals surface area contributed by atoms with Gasteiger partial charge in [-0.25, -0.2) is 4.39 Å². The number of hydrogen-bond donors (Lipinski definition) is 2. The fourth-order valence-corrected chi connectivity index (χ4v) is 1.74. The Labute approximate surface area is 120 Å². The van der Waals surface area contributed by atoms with Crippen LogP contribution in [0.2, 0.25) is 0 Å². The maximum Gasteiger partial charge on any atom is 0.256 e. The Balaban J connectivity index is 2.27. The van der Waals surface area contributed by atoms with Crippen molar-refractivity contribution in [2.45, 2.75) is 0 Å². The summed E-state index contributed by atoms with van der Waals surface area (Å²) >= 11 is 0. The Bertz CT molecular complexity index is 650. The first-order valence-electron chi connectivity index (χ1n) is 6.06. The Morgan fingerprint density at radius 2 is 1.71 bits per heavy atom. The SMILES string of the molecule is COc1cc(OC)cc(C(=O)Nc2ccc(O)cc2F)c1. The van der Waals surface area contributed by atoms with Crippen molar-refractivity contribution in [1.82, 2.24) is 0 Å². The molecule has 0 saturated carbocycles. The molecule has 0 aliphatic carbocycles. The lowest BCUT2D eigenvalue weighted by Crippen LogP contribution is -2.13. The van der Waals surface area contributed by atoms with Crippen LogP contribution in [0.3, 0.4) is 0 Å². The third kappa shape index (κ3) is 3.42. The zero-order valence-corrected chi connectivity index (χ0v) is 11.5. The lowest BCUT2D eigenvalue weighted by molar-refractivity contribution is 0.102. The van der Waals surface area contributed by atoms with Crippen molar-refractivity contribution in [3.05, 3.63) is 47.8 Å². The van der Waals surface area contributed by atoms with Gasteiger partial charge >= 0.3 is 0 Å². The summed E-state index contributed by atoms with van der Waals surface area (Å²) in [6.07, 6.45) is 0. The number of aromatic hydroxyl groups is 1. The molecule has 110 valence electrons. The highest BCUT2D eigenvalue weighted by molar-refractivity contribution is 6.04. The summed E-state index contributed by atoms with van der Waals surface area (Å²) in [5.41, 5.74) is 0.235. The van der Waals surface area contributed by atoms with Gasteiger partial charge in [-0.3, -0.25) is 4.79 Å². The molecule has 2 rings (SSSR count). The van der Waals surface area contributed by atoms with Gasteiger partial charge in [0.05, 0.1) is 19.9 Å². The molecule has 21 heavy (non-hydrogen) atoms. The van der Waals surface area contributed by atoms with Crippen LogP contribution in [0, 0.1) is 5.82 Å². The van der Waals surface area contributed by atoms with Crippen LogP contribution >= 0.6 is 0 Å². The highest BCUT2D eigenvalue weighted by atomic mass is 19.1. The van der Waals surface area contributed by atoms with Crippen molar-refractivity contribution >= 4 is 11.6 Å². The van der Waals surface area contributed by atoms with Crippen molar-refractivity contribution in [3.63, 3.8) is 0 Å². The maximum absolute atomic E-state index is 13.6. The van der Waals surface area contributed by atoms with Crippen molar-refractivity contribution < 1.29 is 23.8 Å². The summed E-state index contributed by atoms with van der Waals surface area (Å²) in [4.78, 5) is 12.1. The first-order chi connectivity index (χ1) is 10.0. The standard InChI is InChI=1S/C15H14FNO4/c1-20-11-5-9(6-12(8-11)21-2)15(19)17-14-4-3-10(18)7-13(14)16/h3-8,18H,1-2H3,(H,17,19). The number of phenolic OH excluding ortho intramolecular Hbond substituents is 1. The van der Waals surface area contributed by atoms with Crippen molar-refractivity contribution in [3.8, 4) is 17.2 Å². The van der Waals surface area contributed by atoms with E-state index in [1.807, 2.05) is 0 Å². The molecule has 2 N–H and O–H groups in total. The van der Waals surface area contributed by atoms with E-state index in [0.29, 0.717) is 11.5 Å². The second-order valence-electron chi connectivity index (χ2n) is 4.22. The molecule has 0 bridgehead atoms. The van der Waals surface area contributed by atoms with E-state index in [1.165, 1.54) is 38.5 Å². The monoisotopic (exact) mass is 291 g/mol. The summed E-state index contributed by atoms with van der Waals surface area (Å²) in [5.74, 6) is -0.556. The Morgan fingerprint density at radius 1 is 1.10 bits per heavy atom. The largest absolute Gasteiger partial charge is 0.508 e. The molecule has 0 saturated heterocycles. The zero-order valence-electron chi connectivity index (χ0n) is 11.5. The van der Waals surface area contributed by atoms with Crippen LogP contribution in [0.5, 0.6) is 17.2 Å². The maximum atomic E-state index is 13.6. The predicted octanol–water partition coefficient (Wildman–Crippen LogP) is 2.80. The number of phenols is 1. The second kappa shape index (κ2) is 6.13. The summed E-state index contributed by atoms with van der Waals surface area (Å²) in [5, 5.41) is 11.6. The number of nitrogens with one attached hydrogen (secondary N) is 1. The average molecular weight is 291 g/mol. The number of carbonyl (C=O) groups excluding carboxylic acids is 1. The zero-order chi connectivity index (χ0) is 15.4. The van der Waals surface area contributed by atoms with Crippen molar-refractivity contribution in [2.75, 3.05) is 19.5 Å².